The molecule has 0 unspecified atom stereocenters. The van der Waals surface area contributed by atoms with Crippen LogP contribution in [0.3, 0.4) is 0 Å². The molecule has 0 radical (unpaired) electrons. The number of para-hydroxylation sites is 1. The van der Waals surface area contributed by atoms with Gasteiger partial charge < -0.3 is 10.1 Å². The molecule has 0 bridgehead atoms. The Kier molecular flexibility index (Phi) is 7.49. The maximum Gasteiger partial charge on any atom is 0.252 e. The number of tetrazole rings is 1. The molecule has 4 aromatic rings. The molecule has 8 nitrogen and oxygen atoms in total. The zero-order chi connectivity index (χ0) is 24.1. The Balaban J connectivity index is 1.70. The van der Waals surface area contributed by atoms with Crippen LogP contribution in [-0.4, -0.2) is 48.3 Å². The van der Waals surface area contributed by atoms with Gasteiger partial charge >= 0.3 is 0 Å². The highest BCUT2D eigenvalue weighted by molar-refractivity contribution is 5.81. The molecule has 2 heterocycles. The summed E-state index contributed by atoms with van der Waals surface area (Å²) >= 11 is 0. The van der Waals surface area contributed by atoms with Crippen LogP contribution in [0, 0.1) is 12.8 Å². The first-order chi connectivity index (χ1) is 16.5. The monoisotopic (exact) mass is 460 g/mol. The fourth-order valence-electron chi connectivity index (χ4n) is 4.53. The lowest BCUT2D eigenvalue weighted by molar-refractivity contribution is 0.122. The predicted molar refractivity (Wildman–Crippen MR) is 132 cm³/mol. The lowest BCUT2D eigenvalue weighted by atomic mass is 10.00. The molecule has 0 aliphatic carbocycles. The van der Waals surface area contributed by atoms with Crippen molar-refractivity contribution in [3.05, 3.63) is 87.5 Å². The summed E-state index contributed by atoms with van der Waals surface area (Å²) in [5, 5.41) is 23.2. The van der Waals surface area contributed by atoms with Gasteiger partial charge in [-0.25, -0.2) is 4.68 Å². The van der Waals surface area contributed by atoms with Gasteiger partial charge in [0.1, 0.15) is 0 Å². The first kappa shape index (κ1) is 23.8. The fraction of sp³-hybridized carbons (Fsp3) is 0.385. The number of aliphatic hydroxyl groups is 1. The Morgan fingerprint density at radius 2 is 1.91 bits per heavy atom. The molecule has 0 amide bonds. The number of aliphatic hydroxyl groups excluding tert-OH is 1. The normalized spacial score (nSPS) is 12.6. The topological polar surface area (TPSA) is 99.9 Å². The van der Waals surface area contributed by atoms with Crippen LogP contribution < -0.4 is 5.56 Å². The number of nitrogens with one attached hydrogen (secondary N) is 1. The van der Waals surface area contributed by atoms with Crippen molar-refractivity contribution < 1.29 is 5.11 Å². The van der Waals surface area contributed by atoms with Crippen molar-refractivity contribution >= 4 is 10.9 Å². The zero-order valence-corrected chi connectivity index (χ0v) is 20.0. The molecule has 0 aliphatic rings. The Bertz CT molecular complexity index is 1280. The van der Waals surface area contributed by atoms with E-state index in [1.54, 1.807) is 0 Å². The highest BCUT2D eigenvalue weighted by Gasteiger charge is 2.29. The van der Waals surface area contributed by atoms with Gasteiger partial charge in [0, 0.05) is 25.3 Å². The lowest BCUT2D eigenvalue weighted by Gasteiger charge is -2.33. The van der Waals surface area contributed by atoms with E-state index in [2.05, 4.69) is 51.4 Å². The minimum atomic E-state index is -0.127. The highest BCUT2D eigenvalue weighted by Crippen LogP contribution is 2.29. The number of benzene rings is 2. The number of fused-ring (bicyclic) bond motifs is 1. The number of aryl methyl sites for hydroxylation is 1. The molecule has 0 saturated carbocycles. The van der Waals surface area contributed by atoms with Crippen LogP contribution in [-0.2, 0) is 13.1 Å². The van der Waals surface area contributed by atoms with Crippen LogP contribution in [0.1, 0.15) is 48.8 Å². The number of H-pyrrole nitrogens is 1. The third kappa shape index (κ3) is 5.24. The average molecular weight is 461 g/mol. The van der Waals surface area contributed by atoms with Crippen LogP contribution in [0.5, 0.6) is 0 Å². The van der Waals surface area contributed by atoms with Crippen molar-refractivity contribution in [1.29, 1.82) is 0 Å². The van der Waals surface area contributed by atoms with Gasteiger partial charge in [0.05, 0.1) is 18.1 Å². The predicted octanol–water partition coefficient (Wildman–Crippen LogP) is 3.45. The fourth-order valence-corrected chi connectivity index (χ4v) is 4.53. The Hall–Kier alpha value is -3.36. The number of hydrogen-bond acceptors (Lipinski definition) is 6. The van der Waals surface area contributed by atoms with Crippen molar-refractivity contribution in [2.24, 2.45) is 5.92 Å². The summed E-state index contributed by atoms with van der Waals surface area (Å²) in [6.07, 6.45) is 0.591. The minimum absolute atomic E-state index is 0.0730. The summed E-state index contributed by atoms with van der Waals surface area (Å²) in [6.45, 7) is 7.94. The van der Waals surface area contributed by atoms with Gasteiger partial charge in [0.2, 0.25) is 0 Å². The Morgan fingerprint density at radius 1 is 1.12 bits per heavy atom. The van der Waals surface area contributed by atoms with E-state index in [4.69, 9.17) is 0 Å². The molecule has 8 heteroatoms. The zero-order valence-electron chi connectivity index (χ0n) is 20.0. The minimum Gasteiger partial charge on any atom is -0.396 e. The Morgan fingerprint density at radius 3 is 2.65 bits per heavy atom. The van der Waals surface area contributed by atoms with Crippen molar-refractivity contribution in [3.8, 4) is 0 Å². The molecule has 4 rings (SSSR count). The molecular weight excluding hydrogens is 428 g/mol. The van der Waals surface area contributed by atoms with E-state index in [9.17, 15) is 9.90 Å². The van der Waals surface area contributed by atoms with Crippen LogP contribution in [0.2, 0.25) is 0 Å². The number of aromatic nitrogens is 5. The summed E-state index contributed by atoms with van der Waals surface area (Å²) in [5.41, 5.74) is 3.61. The second-order valence-corrected chi connectivity index (χ2v) is 9.08. The SMILES string of the molecule is Cc1cccc2cc(CN(CCCO)[C@@H](c3nnnn3Cc3ccccc3)C(C)C)c(=O)[nH]c12. The van der Waals surface area contributed by atoms with Crippen molar-refractivity contribution in [1.82, 2.24) is 30.1 Å². The smallest absolute Gasteiger partial charge is 0.252 e. The molecule has 2 aromatic heterocycles. The third-order valence-electron chi connectivity index (χ3n) is 6.17. The second-order valence-electron chi connectivity index (χ2n) is 9.08. The van der Waals surface area contributed by atoms with E-state index in [1.807, 2.05) is 54.1 Å². The van der Waals surface area contributed by atoms with Gasteiger partial charge in [-0.15, -0.1) is 5.10 Å². The van der Waals surface area contributed by atoms with Crippen molar-refractivity contribution in [3.63, 3.8) is 0 Å². The standard InChI is InChI=1S/C26H32N6O2/c1-18(2)24(25-28-29-30-32(25)16-20-10-5-4-6-11-20)31(13-8-14-33)17-22-15-21-12-7-9-19(3)23(21)27-26(22)34/h4-7,9-12,15,18,24,33H,8,13-14,16-17H2,1-3H3,(H,27,34)/t24-/m1/s1. The molecule has 178 valence electrons. The van der Waals surface area contributed by atoms with E-state index in [1.165, 1.54) is 0 Å². The number of rotatable bonds is 10. The molecule has 34 heavy (non-hydrogen) atoms. The van der Waals surface area contributed by atoms with E-state index in [-0.39, 0.29) is 24.1 Å². The van der Waals surface area contributed by atoms with E-state index in [0.29, 0.717) is 31.6 Å². The number of nitrogens with zero attached hydrogens (tertiary/aromatic N) is 5. The molecule has 2 N–H and O–H groups in total. The lowest BCUT2D eigenvalue weighted by Crippen LogP contribution is -2.36. The van der Waals surface area contributed by atoms with Gasteiger partial charge in [-0.05, 0) is 52.3 Å². The Labute approximate surface area is 199 Å². The van der Waals surface area contributed by atoms with Crippen molar-refractivity contribution in [2.45, 2.75) is 46.3 Å². The maximum atomic E-state index is 13.0. The van der Waals surface area contributed by atoms with E-state index in [0.717, 1.165) is 27.9 Å². The van der Waals surface area contributed by atoms with E-state index < -0.39 is 0 Å². The van der Waals surface area contributed by atoms with Gasteiger partial charge in [0.15, 0.2) is 5.82 Å². The number of aromatic amines is 1. The van der Waals surface area contributed by atoms with E-state index >= 15 is 0 Å². The van der Waals surface area contributed by atoms with Gasteiger partial charge in [-0.3, -0.25) is 9.69 Å². The number of pyridine rings is 1. The molecular formula is C26H32N6O2. The summed E-state index contributed by atoms with van der Waals surface area (Å²) < 4.78 is 1.83. The molecule has 0 spiro atoms. The number of hydrogen-bond donors (Lipinski definition) is 2. The van der Waals surface area contributed by atoms with Gasteiger partial charge in [-0.1, -0.05) is 62.4 Å². The van der Waals surface area contributed by atoms with Gasteiger partial charge in [-0.2, -0.15) is 0 Å². The summed E-state index contributed by atoms with van der Waals surface area (Å²) in [6, 6.07) is 17.9. The summed E-state index contributed by atoms with van der Waals surface area (Å²) in [4.78, 5) is 18.3. The molecule has 1 atom stereocenters. The summed E-state index contributed by atoms with van der Waals surface area (Å²) in [7, 11) is 0. The molecule has 0 aliphatic heterocycles. The van der Waals surface area contributed by atoms with Crippen LogP contribution in [0.25, 0.3) is 10.9 Å². The largest absolute Gasteiger partial charge is 0.396 e. The molecule has 0 saturated heterocycles. The van der Waals surface area contributed by atoms with Crippen molar-refractivity contribution in [2.75, 3.05) is 13.2 Å². The quantitative estimate of drug-likeness (QED) is 0.376. The van der Waals surface area contributed by atoms with Crippen LogP contribution >= 0.6 is 0 Å². The molecule has 0 fully saturated rings. The first-order valence-electron chi connectivity index (χ1n) is 11.7. The van der Waals surface area contributed by atoms with Crippen LogP contribution in [0.15, 0.2) is 59.4 Å². The van der Waals surface area contributed by atoms with Crippen LogP contribution in [0.4, 0.5) is 0 Å². The van der Waals surface area contributed by atoms with Gasteiger partial charge in [0.25, 0.3) is 5.56 Å². The maximum absolute atomic E-state index is 13.0. The first-order valence-corrected chi connectivity index (χ1v) is 11.7. The second kappa shape index (κ2) is 10.7. The highest BCUT2D eigenvalue weighted by atomic mass is 16.3. The third-order valence-corrected chi connectivity index (χ3v) is 6.17. The molecule has 2 aromatic carbocycles. The average Bonchev–Trinajstić information content (AvgIpc) is 3.26. The summed E-state index contributed by atoms with van der Waals surface area (Å²) in [5.74, 6) is 0.936.